The van der Waals surface area contributed by atoms with Gasteiger partial charge in [-0.05, 0) is 67.9 Å². The van der Waals surface area contributed by atoms with Gasteiger partial charge in [0.05, 0.1) is 17.8 Å². The third-order valence-electron chi connectivity index (χ3n) is 7.72. The second-order valence-corrected chi connectivity index (χ2v) is 10.7. The molecule has 0 spiro atoms. The van der Waals surface area contributed by atoms with Gasteiger partial charge in [0.2, 0.25) is 0 Å². The quantitative estimate of drug-likeness (QED) is 0.597. The van der Waals surface area contributed by atoms with E-state index in [0.717, 1.165) is 61.2 Å². The molecule has 4 rings (SSSR count). The molecule has 170 valence electrons. The van der Waals surface area contributed by atoms with E-state index in [1.807, 2.05) is 17.0 Å². The Balaban J connectivity index is 1.38. The molecule has 1 atom stereocenters. The summed E-state index contributed by atoms with van der Waals surface area (Å²) in [7, 11) is 0. The Bertz CT molecular complexity index is 911. The number of aromatic nitrogens is 2. The zero-order valence-corrected chi connectivity index (χ0v) is 19.6. The minimum atomic E-state index is -0.677. The van der Waals surface area contributed by atoms with Crippen LogP contribution in [-0.4, -0.2) is 45.4 Å². The maximum Gasteiger partial charge on any atom is 0.317 e. The van der Waals surface area contributed by atoms with E-state index in [0.29, 0.717) is 17.0 Å². The van der Waals surface area contributed by atoms with Crippen LogP contribution in [0.3, 0.4) is 0 Å². The normalized spacial score (nSPS) is 24.4. The molecule has 2 aliphatic rings. The first kappa shape index (κ1) is 22.4. The lowest BCUT2D eigenvalue weighted by molar-refractivity contribution is -0.0145. The zero-order valence-electron chi connectivity index (χ0n) is 18.8. The summed E-state index contributed by atoms with van der Waals surface area (Å²) in [4.78, 5) is 14.7. The fraction of sp³-hybridized carbons (Fsp3) is 0.667. The van der Waals surface area contributed by atoms with Gasteiger partial charge in [0.15, 0.2) is 0 Å². The molecule has 31 heavy (non-hydrogen) atoms. The van der Waals surface area contributed by atoms with Crippen LogP contribution in [0, 0.1) is 17.3 Å². The Morgan fingerprint density at radius 3 is 2.58 bits per heavy atom. The topological polar surface area (TPSA) is 81.2 Å². The molecular formula is C24H35ClN4O2. The van der Waals surface area contributed by atoms with Gasteiger partial charge in [-0.15, -0.1) is 0 Å². The molecule has 7 heteroatoms. The number of H-pyrrole nitrogens is 1. The molecule has 1 unspecified atom stereocenters. The number of benzene rings is 1. The number of rotatable bonds is 4. The van der Waals surface area contributed by atoms with Crippen molar-refractivity contribution in [2.45, 2.75) is 71.4 Å². The number of hydrogen-bond acceptors (Lipinski definition) is 3. The maximum atomic E-state index is 12.8. The van der Waals surface area contributed by atoms with E-state index in [1.54, 1.807) is 6.20 Å². The van der Waals surface area contributed by atoms with E-state index in [9.17, 15) is 9.90 Å². The van der Waals surface area contributed by atoms with Crippen molar-refractivity contribution in [2.24, 2.45) is 17.3 Å². The summed E-state index contributed by atoms with van der Waals surface area (Å²) in [6, 6.07) is 4.08. The molecule has 2 aromatic rings. The Hall–Kier alpha value is -1.79. The molecule has 1 aromatic carbocycles. The van der Waals surface area contributed by atoms with Crippen molar-refractivity contribution >= 4 is 28.5 Å². The lowest BCUT2D eigenvalue weighted by Crippen LogP contribution is -2.50. The summed E-state index contributed by atoms with van der Waals surface area (Å²) in [5.74, 6) is 1.08. The molecule has 2 heterocycles. The van der Waals surface area contributed by atoms with Crippen molar-refractivity contribution in [3.05, 3.63) is 28.9 Å². The number of piperidine rings is 1. The van der Waals surface area contributed by atoms with Crippen LogP contribution in [0.25, 0.3) is 10.9 Å². The van der Waals surface area contributed by atoms with Gasteiger partial charge >= 0.3 is 6.03 Å². The number of hydrogen-bond donors (Lipinski definition) is 3. The van der Waals surface area contributed by atoms with Crippen LogP contribution < -0.4 is 5.32 Å². The fourth-order valence-electron chi connectivity index (χ4n) is 5.38. The zero-order chi connectivity index (χ0) is 22.2. The molecule has 1 saturated carbocycles. The monoisotopic (exact) mass is 446 g/mol. The summed E-state index contributed by atoms with van der Waals surface area (Å²) < 4.78 is 0. The highest BCUT2D eigenvalue weighted by molar-refractivity contribution is 6.31. The number of aromatic amines is 1. The standard InChI is InChI=1S/C24H35ClN4O2/c1-15-4-6-19(7-5-15)27-23(31)29-10-8-17(9-11-29)24(2,3)22(30)20-13-18(25)12-16-14-26-28-21(16)20/h12-15,17,19,22,30H,4-11H2,1-3H3,(H,26,28)(H,27,31). The number of aliphatic hydroxyl groups is 1. The molecule has 3 N–H and O–H groups in total. The van der Waals surface area contributed by atoms with Crippen LogP contribution in [0.1, 0.15) is 71.0 Å². The van der Waals surface area contributed by atoms with Crippen LogP contribution in [-0.2, 0) is 0 Å². The highest BCUT2D eigenvalue weighted by Crippen LogP contribution is 2.46. The van der Waals surface area contributed by atoms with E-state index in [4.69, 9.17) is 11.6 Å². The summed E-state index contributed by atoms with van der Waals surface area (Å²) in [5.41, 5.74) is 1.27. The Morgan fingerprint density at radius 2 is 1.90 bits per heavy atom. The second kappa shape index (κ2) is 8.99. The maximum absolute atomic E-state index is 12.8. The summed E-state index contributed by atoms with van der Waals surface area (Å²) in [6.45, 7) is 7.98. The first-order valence-electron chi connectivity index (χ1n) is 11.6. The van der Waals surface area contributed by atoms with Crippen LogP contribution in [0.4, 0.5) is 4.79 Å². The molecule has 2 amide bonds. The number of nitrogens with one attached hydrogen (secondary N) is 2. The molecule has 6 nitrogen and oxygen atoms in total. The molecule has 2 fully saturated rings. The summed E-state index contributed by atoms with van der Waals surface area (Å²) >= 11 is 6.30. The average Bonchev–Trinajstić information content (AvgIpc) is 3.22. The van der Waals surface area contributed by atoms with Crippen molar-refractivity contribution in [3.63, 3.8) is 0 Å². The van der Waals surface area contributed by atoms with Gasteiger partial charge in [-0.25, -0.2) is 4.79 Å². The van der Waals surface area contributed by atoms with E-state index < -0.39 is 6.10 Å². The van der Waals surface area contributed by atoms with Gasteiger partial charge in [0.25, 0.3) is 0 Å². The minimum Gasteiger partial charge on any atom is -0.388 e. The van der Waals surface area contributed by atoms with E-state index in [-0.39, 0.29) is 11.4 Å². The number of carbonyl (C=O) groups excluding carboxylic acids is 1. The first-order chi connectivity index (χ1) is 14.8. The molecule has 1 aliphatic carbocycles. The number of amides is 2. The minimum absolute atomic E-state index is 0.0744. The van der Waals surface area contributed by atoms with Crippen molar-refractivity contribution in [1.82, 2.24) is 20.4 Å². The largest absolute Gasteiger partial charge is 0.388 e. The average molecular weight is 447 g/mol. The number of urea groups is 1. The highest BCUT2D eigenvalue weighted by Gasteiger charge is 2.40. The van der Waals surface area contributed by atoms with Gasteiger partial charge in [-0.3, -0.25) is 5.10 Å². The predicted molar refractivity (Wildman–Crippen MR) is 124 cm³/mol. The summed E-state index contributed by atoms with van der Waals surface area (Å²) in [5, 5.41) is 23.2. The van der Waals surface area contributed by atoms with Crippen molar-refractivity contribution in [2.75, 3.05) is 13.1 Å². The second-order valence-electron chi connectivity index (χ2n) is 10.2. The van der Waals surface area contributed by atoms with Gasteiger partial charge in [-0.1, -0.05) is 32.4 Å². The Labute approximate surface area is 189 Å². The number of likely N-dealkylation sites (tertiary alicyclic amines) is 1. The third kappa shape index (κ3) is 4.70. The number of halogens is 1. The van der Waals surface area contributed by atoms with Crippen LogP contribution in [0.2, 0.25) is 5.02 Å². The molecule has 1 saturated heterocycles. The van der Waals surface area contributed by atoms with Crippen molar-refractivity contribution < 1.29 is 9.90 Å². The van der Waals surface area contributed by atoms with Crippen LogP contribution >= 0.6 is 11.6 Å². The molecule has 0 radical (unpaired) electrons. The molecule has 1 aromatic heterocycles. The van der Waals surface area contributed by atoms with E-state index >= 15 is 0 Å². The van der Waals surface area contributed by atoms with Gasteiger partial charge in [-0.2, -0.15) is 5.10 Å². The number of carbonyl (C=O) groups is 1. The fourth-order valence-corrected chi connectivity index (χ4v) is 5.62. The first-order valence-corrected chi connectivity index (χ1v) is 12.0. The third-order valence-corrected chi connectivity index (χ3v) is 7.94. The van der Waals surface area contributed by atoms with E-state index in [1.165, 1.54) is 12.8 Å². The molecular weight excluding hydrogens is 412 g/mol. The SMILES string of the molecule is CC1CCC(NC(=O)N2CCC(C(C)(C)C(O)c3cc(Cl)cc4cn[nH]c34)CC2)CC1. The molecule has 0 bridgehead atoms. The smallest absolute Gasteiger partial charge is 0.317 e. The van der Waals surface area contributed by atoms with Gasteiger partial charge < -0.3 is 15.3 Å². The number of nitrogens with zero attached hydrogens (tertiary/aromatic N) is 2. The van der Waals surface area contributed by atoms with Crippen LogP contribution in [0.15, 0.2) is 18.3 Å². The predicted octanol–water partition coefficient (Wildman–Crippen LogP) is 5.28. The van der Waals surface area contributed by atoms with Crippen molar-refractivity contribution in [3.8, 4) is 0 Å². The molecule has 1 aliphatic heterocycles. The number of aliphatic hydroxyl groups excluding tert-OH is 1. The van der Waals surface area contributed by atoms with Crippen molar-refractivity contribution in [1.29, 1.82) is 0 Å². The van der Waals surface area contributed by atoms with E-state index in [2.05, 4.69) is 36.3 Å². The van der Waals surface area contributed by atoms with Gasteiger partial charge in [0.1, 0.15) is 0 Å². The summed E-state index contributed by atoms with van der Waals surface area (Å²) in [6.07, 6.45) is 7.39. The van der Waals surface area contributed by atoms with Gasteiger partial charge in [0, 0.05) is 35.1 Å². The Morgan fingerprint density at radius 1 is 1.23 bits per heavy atom. The Kier molecular flexibility index (Phi) is 6.50. The lowest BCUT2D eigenvalue weighted by atomic mass is 9.68. The lowest BCUT2D eigenvalue weighted by Gasteiger charge is -2.43. The number of fused-ring (bicyclic) bond motifs is 1. The highest BCUT2D eigenvalue weighted by atomic mass is 35.5. The van der Waals surface area contributed by atoms with Crippen LogP contribution in [0.5, 0.6) is 0 Å².